The largest absolute Gasteiger partial charge is 0.481 e. The summed E-state index contributed by atoms with van der Waals surface area (Å²) in [6.07, 6.45) is 2.49. The molecule has 6 heteroatoms. The number of aromatic nitrogens is 2. The second kappa shape index (κ2) is 5.95. The molecule has 0 aliphatic heterocycles. The van der Waals surface area contributed by atoms with Gasteiger partial charge in [-0.15, -0.1) is 0 Å². The summed E-state index contributed by atoms with van der Waals surface area (Å²) in [5.41, 5.74) is 0.527. The number of carbonyl (C=O) groups is 2. The molecule has 21 heavy (non-hydrogen) atoms. The maximum absolute atomic E-state index is 12.1. The monoisotopic (exact) mass is 289 g/mol. The number of H-pyrrole nitrogens is 1. The Morgan fingerprint density at radius 3 is 2.67 bits per heavy atom. The second-order valence-corrected chi connectivity index (χ2v) is 5.19. The third kappa shape index (κ3) is 3.04. The van der Waals surface area contributed by atoms with Crippen LogP contribution in [0.4, 0.5) is 5.69 Å². The lowest BCUT2D eigenvalue weighted by molar-refractivity contribution is -0.151. The lowest BCUT2D eigenvalue weighted by atomic mass is 9.79. The van der Waals surface area contributed by atoms with Crippen molar-refractivity contribution >= 4 is 28.5 Å². The molecule has 2 aromatic rings. The highest BCUT2D eigenvalue weighted by atomic mass is 16.4. The summed E-state index contributed by atoms with van der Waals surface area (Å²) >= 11 is 0. The van der Waals surface area contributed by atoms with Crippen molar-refractivity contribution in [2.45, 2.75) is 33.1 Å². The zero-order valence-electron chi connectivity index (χ0n) is 12.1. The Balaban J connectivity index is 2.11. The first kappa shape index (κ1) is 15.0. The molecule has 0 saturated carbocycles. The van der Waals surface area contributed by atoms with Gasteiger partial charge in [-0.3, -0.25) is 14.7 Å². The van der Waals surface area contributed by atoms with E-state index in [0.717, 1.165) is 10.9 Å². The molecule has 112 valence electrons. The number of amides is 1. The molecule has 0 atom stereocenters. The van der Waals surface area contributed by atoms with E-state index in [-0.39, 0.29) is 12.3 Å². The van der Waals surface area contributed by atoms with Crippen LogP contribution in [0, 0.1) is 5.41 Å². The van der Waals surface area contributed by atoms with E-state index in [1.807, 2.05) is 6.07 Å². The van der Waals surface area contributed by atoms with Crippen molar-refractivity contribution in [2.75, 3.05) is 5.32 Å². The van der Waals surface area contributed by atoms with Crippen molar-refractivity contribution in [3.63, 3.8) is 0 Å². The van der Waals surface area contributed by atoms with Gasteiger partial charge >= 0.3 is 5.97 Å². The van der Waals surface area contributed by atoms with E-state index in [1.165, 1.54) is 0 Å². The Hall–Kier alpha value is -2.37. The van der Waals surface area contributed by atoms with Crippen LogP contribution in [-0.4, -0.2) is 27.2 Å². The maximum Gasteiger partial charge on any atom is 0.310 e. The number of anilines is 1. The molecule has 0 fully saturated rings. The number of rotatable bonds is 6. The van der Waals surface area contributed by atoms with Crippen LogP contribution in [0.15, 0.2) is 24.4 Å². The van der Waals surface area contributed by atoms with E-state index >= 15 is 0 Å². The van der Waals surface area contributed by atoms with Crippen LogP contribution in [0.2, 0.25) is 0 Å². The molecule has 0 spiro atoms. The van der Waals surface area contributed by atoms with E-state index in [9.17, 15) is 14.7 Å². The number of carbonyl (C=O) groups excluding carboxylic acids is 1. The summed E-state index contributed by atoms with van der Waals surface area (Å²) in [6, 6.07) is 5.39. The van der Waals surface area contributed by atoms with Gasteiger partial charge in [-0.2, -0.15) is 5.10 Å². The van der Waals surface area contributed by atoms with Crippen molar-refractivity contribution in [3.8, 4) is 0 Å². The lowest BCUT2D eigenvalue weighted by Gasteiger charge is -2.25. The summed E-state index contributed by atoms with van der Waals surface area (Å²) < 4.78 is 0. The fourth-order valence-electron chi connectivity index (χ4n) is 2.41. The first-order valence-electron chi connectivity index (χ1n) is 6.97. The highest BCUT2D eigenvalue weighted by molar-refractivity contribution is 5.96. The summed E-state index contributed by atoms with van der Waals surface area (Å²) in [5.74, 6) is -1.21. The molecule has 1 aromatic heterocycles. The van der Waals surface area contributed by atoms with E-state index in [1.54, 1.807) is 32.2 Å². The van der Waals surface area contributed by atoms with Gasteiger partial charge in [0.2, 0.25) is 5.91 Å². The first-order chi connectivity index (χ1) is 10.0. The average Bonchev–Trinajstić information content (AvgIpc) is 2.92. The topological polar surface area (TPSA) is 95.1 Å². The number of hydrogen-bond donors (Lipinski definition) is 3. The number of fused-ring (bicyclic) bond motifs is 1. The van der Waals surface area contributed by atoms with Gasteiger partial charge in [0.15, 0.2) is 0 Å². The molecule has 6 nitrogen and oxygen atoms in total. The number of carboxylic acid groups (broad SMARTS) is 1. The third-order valence-electron chi connectivity index (χ3n) is 4.03. The van der Waals surface area contributed by atoms with Crippen LogP contribution in [0.3, 0.4) is 0 Å². The van der Waals surface area contributed by atoms with Gasteiger partial charge in [0.25, 0.3) is 0 Å². The van der Waals surface area contributed by atoms with Crippen LogP contribution < -0.4 is 5.32 Å². The van der Waals surface area contributed by atoms with Gasteiger partial charge in [-0.25, -0.2) is 0 Å². The van der Waals surface area contributed by atoms with Gasteiger partial charge in [-0.05, 0) is 31.0 Å². The molecule has 1 heterocycles. The van der Waals surface area contributed by atoms with Gasteiger partial charge in [0.05, 0.1) is 17.1 Å². The number of aromatic amines is 1. The molecule has 1 amide bonds. The first-order valence-corrected chi connectivity index (χ1v) is 6.97. The molecule has 0 bridgehead atoms. The Morgan fingerprint density at radius 2 is 2.05 bits per heavy atom. The van der Waals surface area contributed by atoms with Crippen LogP contribution in [0.1, 0.15) is 33.1 Å². The zero-order chi connectivity index (χ0) is 15.5. The van der Waals surface area contributed by atoms with Crippen LogP contribution in [-0.2, 0) is 9.59 Å². The summed E-state index contributed by atoms with van der Waals surface area (Å²) in [4.78, 5) is 23.5. The Kier molecular flexibility index (Phi) is 4.26. The SMILES string of the molecule is CCC(CC)(CC(=O)Nc1ccc2[nH]ncc2c1)C(=O)O. The molecule has 0 radical (unpaired) electrons. The fourth-order valence-corrected chi connectivity index (χ4v) is 2.41. The highest BCUT2D eigenvalue weighted by Crippen LogP contribution is 2.31. The predicted molar refractivity (Wildman–Crippen MR) is 80.0 cm³/mol. The fraction of sp³-hybridized carbons (Fsp3) is 0.400. The normalized spacial score (nSPS) is 11.5. The molecule has 0 aliphatic rings. The van der Waals surface area contributed by atoms with E-state index in [2.05, 4.69) is 15.5 Å². The van der Waals surface area contributed by atoms with Gasteiger partial charge in [0.1, 0.15) is 0 Å². The van der Waals surface area contributed by atoms with E-state index in [4.69, 9.17) is 0 Å². The smallest absolute Gasteiger partial charge is 0.310 e. The average molecular weight is 289 g/mol. The van der Waals surface area contributed by atoms with Crippen LogP contribution in [0.25, 0.3) is 10.9 Å². The molecular weight excluding hydrogens is 270 g/mol. The summed E-state index contributed by atoms with van der Waals surface area (Å²) in [5, 5.41) is 19.8. The van der Waals surface area contributed by atoms with Crippen molar-refractivity contribution in [2.24, 2.45) is 5.41 Å². The quantitative estimate of drug-likeness (QED) is 0.762. The molecule has 0 unspecified atom stereocenters. The Labute approximate surface area is 122 Å². The minimum absolute atomic E-state index is 0.0290. The second-order valence-electron chi connectivity index (χ2n) is 5.19. The van der Waals surface area contributed by atoms with Gasteiger partial charge in [0, 0.05) is 17.5 Å². The Bertz CT molecular complexity index is 659. The number of carboxylic acids is 1. The predicted octanol–water partition coefficient (Wildman–Crippen LogP) is 2.78. The summed E-state index contributed by atoms with van der Waals surface area (Å²) in [7, 11) is 0. The molecule has 3 N–H and O–H groups in total. The highest BCUT2D eigenvalue weighted by Gasteiger charge is 2.37. The minimum Gasteiger partial charge on any atom is -0.481 e. The van der Waals surface area contributed by atoms with Crippen molar-refractivity contribution < 1.29 is 14.7 Å². The minimum atomic E-state index is -0.996. The maximum atomic E-state index is 12.1. The molecule has 0 saturated heterocycles. The van der Waals surface area contributed by atoms with Crippen molar-refractivity contribution in [3.05, 3.63) is 24.4 Å². The number of nitrogens with one attached hydrogen (secondary N) is 2. The number of nitrogens with zero attached hydrogens (tertiary/aromatic N) is 1. The molecular formula is C15H19N3O3. The summed E-state index contributed by atoms with van der Waals surface area (Å²) in [6.45, 7) is 3.59. The number of hydrogen-bond acceptors (Lipinski definition) is 3. The molecule has 0 aliphatic carbocycles. The third-order valence-corrected chi connectivity index (χ3v) is 4.03. The van der Waals surface area contributed by atoms with Gasteiger partial charge in [-0.1, -0.05) is 13.8 Å². The van der Waals surface area contributed by atoms with E-state index < -0.39 is 11.4 Å². The van der Waals surface area contributed by atoms with Crippen LogP contribution in [0.5, 0.6) is 0 Å². The number of benzene rings is 1. The van der Waals surface area contributed by atoms with Crippen molar-refractivity contribution in [1.29, 1.82) is 0 Å². The standard InChI is InChI=1S/C15H19N3O3/c1-3-15(4-2,14(20)21)8-13(19)17-11-5-6-12-10(7-11)9-16-18-12/h5-7,9H,3-4,8H2,1-2H3,(H,16,18)(H,17,19)(H,20,21). The zero-order valence-corrected chi connectivity index (χ0v) is 12.1. The van der Waals surface area contributed by atoms with Crippen molar-refractivity contribution in [1.82, 2.24) is 10.2 Å². The van der Waals surface area contributed by atoms with E-state index in [0.29, 0.717) is 18.5 Å². The van der Waals surface area contributed by atoms with Crippen LogP contribution >= 0.6 is 0 Å². The molecule has 1 aromatic carbocycles. The number of aliphatic carboxylic acids is 1. The molecule has 2 rings (SSSR count). The van der Waals surface area contributed by atoms with Gasteiger partial charge < -0.3 is 10.4 Å². The lowest BCUT2D eigenvalue weighted by Crippen LogP contribution is -2.34. The Morgan fingerprint density at radius 1 is 1.33 bits per heavy atom.